The molecule has 272 valence electrons. The van der Waals surface area contributed by atoms with Crippen LogP contribution in [0.25, 0.3) is 32.8 Å². The normalized spacial score (nSPS) is 21.4. The molecule has 0 aliphatic carbocycles. The van der Waals surface area contributed by atoms with E-state index >= 15 is 13.2 Å². The number of aryl methyl sites for hydroxylation is 1. The van der Waals surface area contributed by atoms with E-state index < -0.39 is 46.4 Å². The van der Waals surface area contributed by atoms with Crippen molar-refractivity contribution in [3.8, 4) is 17.1 Å². The Labute approximate surface area is 294 Å². The number of ether oxygens (including phenoxy) is 2. The van der Waals surface area contributed by atoms with E-state index in [4.69, 9.17) is 20.2 Å². The molecule has 13 heteroatoms. The van der Waals surface area contributed by atoms with Crippen LogP contribution in [0.2, 0.25) is 0 Å². The highest BCUT2D eigenvalue weighted by Gasteiger charge is 2.49. The second-order valence-electron chi connectivity index (χ2n) is 15.0. The monoisotopic (exact) mass is 708 g/mol. The Bertz CT molecular complexity index is 2010. The van der Waals surface area contributed by atoms with Crippen LogP contribution >= 0.6 is 0 Å². The summed E-state index contributed by atoms with van der Waals surface area (Å²) in [4.78, 5) is 24.9. The number of hydrogen-bond donors (Lipinski definition) is 1. The van der Waals surface area contributed by atoms with Gasteiger partial charge in [-0.25, -0.2) is 27.4 Å². The Morgan fingerprint density at radius 1 is 1.02 bits per heavy atom. The van der Waals surface area contributed by atoms with Crippen molar-refractivity contribution in [2.24, 2.45) is 0 Å². The minimum atomic E-state index is -1.01. The van der Waals surface area contributed by atoms with Crippen molar-refractivity contribution in [2.75, 3.05) is 43.5 Å². The predicted octanol–water partition coefficient (Wildman–Crippen LogP) is 8.11. The van der Waals surface area contributed by atoms with Crippen molar-refractivity contribution in [2.45, 2.75) is 90.0 Å². The summed E-state index contributed by atoms with van der Waals surface area (Å²) in [7, 11) is 0. The van der Waals surface area contributed by atoms with Gasteiger partial charge in [0.2, 0.25) is 0 Å². The summed E-state index contributed by atoms with van der Waals surface area (Å²) < 4.78 is 75.5. The largest absolute Gasteiger partial charge is 0.461 e. The first-order valence-electron chi connectivity index (χ1n) is 17.8. The van der Waals surface area contributed by atoms with Crippen molar-refractivity contribution in [3.63, 3.8) is 0 Å². The van der Waals surface area contributed by atoms with Gasteiger partial charge in [-0.1, -0.05) is 13.0 Å². The zero-order chi connectivity index (χ0) is 36.2. The first-order chi connectivity index (χ1) is 24.3. The van der Waals surface area contributed by atoms with Crippen molar-refractivity contribution in [1.82, 2.24) is 19.9 Å². The quantitative estimate of drug-likeness (QED) is 0.159. The molecule has 3 saturated heterocycles. The number of hydrazine groups is 1. The van der Waals surface area contributed by atoms with E-state index in [0.29, 0.717) is 48.7 Å². The smallest absolute Gasteiger partial charge is 0.429 e. The first kappa shape index (κ1) is 35.0. The second kappa shape index (κ2) is 13.3. The van der Waals surface area contributed by atoms with Crippen LogP contribution in [-0.4, -0.2) is 76.1 Å². The van der Waals surface area contributed by atoms with Crippen LogP contribution in [-0.2, 0) is 11.2 Å². The van der Waals surface area contributed by atoms with E-state index in [1.807, 2.05) is 0 Å². The molecule has 2 atom stereocenters. The van der Waals surface area contributed by atoms with Crippen molar-refractivity contribution in [1.29, 1.82) is 0 Å². The third-order valence-corrected chi connectivity index (χ3v) is 10.3. The highest BCUT2D eigenvalue weighted by Crippen LogP contribution is 2.43. The third kappa shape index (κ3) is 6.49. The maximum Gasteiger partial charge on any atom is 0.429 e. The number of anilines is 2. The lowest BCUT2D eigenvalue weighted by atomic mass is 9.91. The number of halogens is 4. The number of amides is 1. The molecular formula is C38H44F4N6O3. The summed E-state index contributed by atoms with van der Waals surface area (Å²) in [5.41, 5.74) is 4.85. The van der Waals surface area contributed by atoms with Crippen LogP contribution in [0.1, 0.15) is 71.8 Å². The van der Waals surface area contributed by atoms with Gasteiger partial charge < -0.3 is 15.2 Å². The molecule has 0 unspecified atom stereocenters. The molecule has 2 N–H and O–H groups in total. The summed E-state index contributed by atoms with van der Waals surface area (Å²) in [6, 6.07) is 6.89. The van der Waals surface area contributed by atoms with E-state index in [9.17, 15) is 9.18 Å². The molecule has 51 heavy (non-hydrogen) atoms. The Morgan fingerprint density at radius 3 is 2.57 bits per heavy atom. The van der Waals surface area contributed by atoms with Crippen molar-refractivity contribution in [3.05, 3.63) is 53.3 Å². The van der Waals surface area contributed by atoms with Gasteiger partial charge in [-0.15, -0.1) is 0 Å². The number of nitrogens with two attached hydrogens (primary N) is 1. The van der Waals surface area contributed by atoms with Gasteiger partial charge in [0.25, 0.3) is 0 Å². The fourth-order valence-corrected chi connectivity index (χ4v) is 8.06. The van der Waals surface area contributed by atoms with Crippen molar-refractivity contribution < 1.29 is 31.8 Å². The lowest BCUT2D eigenvalue weighted by molar-refractivity contribution is 0.0232. The standard InChI is InChI=1S/C38H44F4N6O3/c1-5-25-28(40)11-10-22-16-24(43)17-26(30(22)25)31-29(41)18-27-33(32(31)42)44-35(50-21-38-12-9-13-46(38)20-23(39)19-38)45-34(27)47-14-7-6-8-15-48(47)36(49)51-37(2,3)4/h10-11,16-18,23H,5-9,12-15,19-21,43H2,1-4H3/t23-,38+/m1/s1. The molecule has 0 saturated carbocycles. The molecule has 1 aromatic heterocycles. The molecule has 9 nitrogen and oxygen atoms in total. The van der Waals surface area contributed by atoms with Crippen LogP contribution in [0, 0.1) is 17.5 Å². The number of nitrogen functional groups attached to an aromatic ring is 1. The number of aromatic nitrogens is 2. The average Bonchev–Trinajstić information content (AvgIpc) is 3.46. The van der Waals surface area contributed by atoms with Gasteiger partial charge in [0, 0.05) is 31.7 Å². The van der Waals surface area contributed by atoms with Crippen LogP contribution in [0.5, 0.6) is 6.01 Å². The molecule has 3 aliphatic heterocycles. The number of carbonyl (C=O) groups excluding carboxylic acids is 1. The van der Waals surface area contributed by atoms with Gasteiger partial charge in [0.05, 0.1) is 16.5 Å². The van der Waals surface area contributed by atoms with Gasteiger partial charge in [0.15, 0.2) is 11.6 Å². The molecule has 3 aliphatic rings. The van der Waals surface area contributed by atoms with E-state index in [0.717, 1.165) is 31.9 Å². The van der Waals surface area contributed by atoms with Gasteiger partial charge in [0.1, 0.15) is 35.5 Å². The number of rotatable bonds is 6. The number of nitrogens with zero attached hydrogens (tertiary/aromatic N) is 5. The molecule has 0 radical (unpaired) electrons. The minimum absolute atomic E-state index is 0.0111. The topological polar surface area (TPSA) is 97.0 Å². The Hall–Kier alpha value is -4.39. The number of alkyl halides is 1. The molecule has 0 spiro atoms. The number of hydrogen-bond acceptors (Lipinski definition) is 8. The maximum atomic E-state index is 17.2. The van der Waals surface area contributed by atoms with E-state index in [-0.39, 0.29) is 53.6 Å². The number of benzene rings is 3. The molecule has 1 amide bonds. The fourth-order valence-electron chi connectivity index (χ4n) is 8.06. The van der Waals surface area contributed by atoms with Crippen LogP contribution in [0.3, 0.4) is 0 Å². The Kier molecular flexibility index (Phi) is 9.14. The Balaban J connectivity index is 1.43. The molecule has 7 rings (SSSR count). The first-order valence-corrected chi connectivity index (χ1v) is 17.8. The summed E-state index contributed by atoms with van der Waals surface area (Å²) in [6.07, 6.45) is 2.73. The molecule has 0 bridgehead atoms. The molecule has 4 aromatic rings. The maximum absolute atomic E-state index is 17.2. The molecule has 3 aromatic carbocycles. The van der Waals surface area contributed by atoms with Gasteiger partial charge in [-0.05, 0) is 112 Å². The van der Waals surface area contributed by atoms with Crippen LogP contribution in [0.4, 0.5) is 33.9 Å². The third-order valence-electron chi connectivity index (χ3n) is 10.3. The van der Waals surface area contributed by atoms with Crippen LogP contribution < -0.4 is 15.5 Å². The van der Waals surface area contributed by atoms with Gasteiger partial charge in [-0.3, -0.25) is 9.91 Å². The fraction of sp³-hybridized carbons (Fsp3) is 0.500. The highest BCUT2D eigenvalue weighted by molar-refractivity contribution is 6.04. The van der Waals surface area contributed by atoms with E-state index in [2.05, 4.69) is 9.88 Å². The molecule has 3 fully saturated rings. The lowest BCUT2D eigenvalue weighted by Crippen LogP contribution is -2.49. The molecule has 4 heterocycles. The summed E-state index contributed by atoms with van der Waals surface area (Å²) in [5.74, 6) is -2.37. The lowest BCUT2D eigenvalue weighted by Gasteiger charge is -2.36. The van der Waals surface area contributed by atoms with E-state index in [1.165, 1.54) is 23.2 Å². The van der Waals surface area contributed by atoms with E-state index in [1.54, 1.807) is 38.8 Å². The zero-order valence-corrected chi connectivity index (χ0v) is 29.5. The second-order valence-corrected chi connectivity index (χ2v) is 15.0. The zero-order valence-electron chi connectivity index (χ0n) is 29.5. The average molecular weight is 709 g/mol. The SMILES string of the molecule is CCc1c(F)ccc2cc(N)cc(-c3c(F)cc4c(N5CCCCCN5C(=O)OC(C)(C)C)nc(OC[C@@]56CCCN5C[C@H](F)C6)nc4c3F)c12. The summed E-state index contributed by atoms with van der Waals surface area (Å²) in [6.45, 7) is 8.78. The van der Waals surface area contributed by atoms with Crippen LogP contribution in [0.15, 0.2) is 30.3 Å². The van der Waals surface area contributed by atoms with Gasteiger partial charge >= 0.3 is 12.1 Å². The van der Waals surface area contributed by atoms with Crippen molar-refractivity contribution >= 4 is 39.3 Å². The summed E-state index contributed by atoms with van der Waals surface area (Å²) >= 11 is 0. The number of fused-ring (bicyclic) bond motifs is 3. The highest BCUT2D eigenvalue weighted by atomic mass is 19.1. The summed E-state index contributed by atoms with van der Waals surface area (Å²) in [5, 5.41) is 3.90. The number of carbonyl (C=O) groups is 1. The van der Waals surface area contributed by atoms with Gasteiger partial charge in [-0.2, -0.15) is 9.97 Å². The molecular weight excluding hydrogens is 664 g/mol. The Morgan fingerprint density at radius 2 is 1.80 bits per heavy atom. The minimum Gasteiger partial charge on any atom is -0.461 e. The predicted molar refractivity (Wildman–Crippen MR) is 189 cm³/mol.